The van der Waals surface area contributed by atoms with E-state index in [1.54, 1.807) is 13.2 Å². The van der Waals surface area contributed by atoms with Gasteiger partial charge in [-0.05, 0) is 49.1 Å². The monoisotopic (exact) mass is 384 g/mol. The second kappa shape index (κ2) is 9.97. The van der Waals surface area contributed by atoms with Gasteiger partial charge in [0.1, 0.15) is 11.6 Å². The maximum atomic E-state index is 13.3. The molecule has 1 fully saturated rings. The van der Waals surface area contributed by atoms with Crippen molar-refractivity contribution in [3.05, 3.63) is 59.9 Å². The van der Waals surface area contributed by atoms with Crippen LogP contribution in [0.3, 0.4) is 0 Å². The highest BCUT2D eigenvalue weighted by molar-refractivity contribution is 5.79. The zero-order chi connectivity index (χ0) is 19.8. The third-order valence-electron chi connectivity index (χ3n) is 4.92. The summed E-state index contributed by atoms with van der Waals surface area (Å²) in [5.41, 5.74) is 2.07. The van der Waals surface area contributed by atoms with Crippen molar-refractivity contribution in [2.24, 2.45) is 10.9 Å². The van der Waals surface area contributed by atoms with Crippen LogP contribution in [-0.2, 0) is 6.54 Å². The van der Waals surface area contributed by atoms with Gasteiger partial charge in [-0.2, -0.15) is 0 Å². The number of nitrogens with zero attached hydrogens (tertiary/aromatic N) is 2. The van der Waals surface area contributed by atoms with E-state index in [-0.39, 0.29) is 5.82 Å². The Labute approximate surface area is 166 Å². The fourth-order valence-electron chi connectivity index (χ4n) is 3.43. The molecule has 1 unspecified atom stereocenters. The lowest BCUT2D eigenvalue weighted by Gasteiger charge is -2.20. The van der Waals surface area contributed by atoms with E-state index in [1.807, 2.05) is 25.1 Å². The number of guanidine groups is 1. The summed E-state index contributed by atoms with van der Waals surface area (Å²) in [5.74, 6) is 1.98. The zero-order valence-electron chi connectivity index (χ0n) is 16.6. The second-order valence-electron chi connectivity index (χ2n) is 7.01. The molecule has 0 aromatic heterocycles. The predicted octanol–water partition coefficient (Wildman–Crippen LogP) is 3.42. The van der Waals surface area contributed by atoms with Crippen molar-refractivity contribution >= 4 is 11.6 Å². The first-order chi connectivity index (χ1) is 13.7. The minimum absolute atomic E-state index is 0.228. The molecule has 1 aliphatic rings. The smallest absolute Gasteiger partial charge is 0.191 e. The number of rotatable bonds is 7. The number of aliphatic imine (C=N–C) groups is 1. The van der Waals surface area contributed by atoms with Gasteiger partial charge in [0.15, 0.2) is 5.96 Å². The molecule has 150 valence electrons. The highest BCUT2D eigenvalue weighted by Gasteiger charge is 2.23. The van der Waals surface area contributed by atoms with Crippen LogP contribution in [0.2, 0.25) is 0 Å². The molecule has 2 aromatic carbocycles. The fourth-order valence-corrected chi connectivity index (χ4v) is 3.43. The van der Waals surface area contributed by atoms with Crippen LogP contribution >= 0.6 is 0 Å². The first-order valence-electron chi connectivity index (χ1n) is 9.83. The van der Waals surface area contributed by atoms with E-state index in [4.69, 9.17) is 4.74 Å². The first kappa shape index (κ1) is 20.0. The van der Waals surface area contributed by atoms with E-state index >= 15 is 0 Å². The van der Waals surface area contributed by atoms with Gasteiger partial charge in [-0.1, -0.05) is 18.2 Å². The minimum atomic E-state index is -0.228. The molecule has 28 heavy (non-hydrogen) atoms. The van der Waals surface area contributed by atoms with Gasteiger partial charge in [-0.25, -0.2) is 9.38 Å². The number of benzene rings is 2. The highest BCUT2D eigenvalue weighted by Crippen LogP contribution is 2.26. The first-order valence-corrected chi connectivity index (χ1v) is 9.83. The molecule has 2 N–H and O–H groups in total. The van der Waals surface area contributed by atoms with Gasteiger partial charge in [-0.3, -0.25) is 0 Å². The van der Waals surface area contributed by atoms with Crippen LogP contribution in [0.1, 0.15) is 18.9 Å². The average molecular weight is 384 g/mol. The Kier molecular flexibility index (Phi) is 7.12. The van der Waals surface area contributed by atoms with Crippen LogP contribution in [0.25, 0.3) is 0 Å². The van der Waals surface area contributed by atoms with E-state index in [0.717, 1.165) is 49.9 Å². The van der Waals surface area contributed by atoms with Gasteiger partial charge in [0, 0.05) is 37.9 Å². The summed E-state index contributed by atoms with van der Waals surface area (Å²) in [6.45, 7) is 6.18. The van der Waals surface area contributed by atoms with Gasteiger partial charge in [0.2, 0.25) is 0 Å². The Morgan fingerprint density at radius 2 is 2.07 bits per heavy atom. The number of hydrogen-bond donors (Lipinski definition) is 2. The molecule has 1 aliphatic heterocycles. The predicted molar refractivity (Wildman–Crippen MR) is 113 cm³/mol. The number of nitrogens with one attached hydrogen (secondary N) is 2. The maximum absolute atomic E-state index is 13.3. The number of hydrogen-bond acceptors (Lipinski definition) is 3. The van der Waals surface area contributed by atoms with E-state index in [2.05, 4.69) is 32.7 Å². The van der Waals surface area contributed by atoms with Crippen molar-refractivity contribution in [1.82, 2.24) is 10.6 Å². The standard InChI is InChI=1S/C22H29FN4O/c1-3-24-22(25-14-17-6-4-7-19(23)12-17)26-15-18-10-11-27(16-18)20-8-5-9-21(13-20)28-2/h4-9,12-13,18H,3,10-11,14-16H2,1-2H3,(H2,24,25,26). The lowest BCUT2D eigenvalue weighted by atomic mass is 10.1. The van der Waals surface area contributed by atoms with Crippen LogP contribution in [0.15, 0.2) is 53.5 Å². The van der Waals surface area contributed by atoms with Crippen molar-refractivity contribution < 1.29 is 9.13 Å². The summed E-state index contributed by atoms with van der Waals surface area (Å²) in [6.07, 6.45) is 1.13. The SMILES string of the molecule is CCNC(=NCc1cccc(F)c1)NCC1CCN(c2cccc(OC)c2)C1. The quantitative estimate of drug-likeness (QED) is 0.567. The zero-order valence-corrected chi connectivity index (χ0v) is 16.6. The molecule has 5 nitrogen and oxygen atoms in total. The minimum Gasteiger partial charge on any atom is -0.497 e. The molecule has 0 spiro atoms. The Hall–Kier alpha value is -2.76. The largest absolute Gasteiger partial charge is 0.497 e. The molecular formula is C22H29FN4O. The molecule has 2 aromatic rings. The van der Waals surface area contributed by atoms with Crippen LogP contribution in [0, 0.1) is 11.7 Å². The maximum Gasteiger partial charge on any atom is 0.191 e. The van der Waals surface area contributed by atoms with Crippen molar-refractivity contribution in [1.29, 1.82) is 0 Å². The van der Waals surface area contributed by atoms with Crippen LogP contribution < -0.4 is 20.3 Å². The molecule has 1 atom stereocenters. The number of anilines is 1. The lowest BCUT2D eigenvalue weighted by Crippen LogP contribution is -2.40. The van der Waals surface area contributed by atoms with Crippen molar-refractivity contribution in [3.8, 4) is 5.75 Å². The Morgan fingerprint density at radius 1 is 1.21 bits per heavy atom. The van der Waals surface area contributed by atoms with E-state index in [9.17, 15) is 4.39 Å². The van der Waals surface area contributed by atoms with Gasteiger partial charge < -0.3 is 20.3 Å². The summed E-state index contributed by atoms with van der Waals surface area (Å²) in [7, 11) is 1.70. The second-order valence-corrected chi connectivity index (χ2v) is 7.01. The number of methoxy groups -OCH3 is 1. The summed E-state index contributed by atoms with van der Waals surface area (Å²) in [6, 6.07) is 14.8. The van der Waals surface area contributed by atoms with Crippen LogP contribution in [-0.4, -0.2) is 39.2 Å². The molecule has 6 heteroatoms. The number of ether oxygens (including phenoxy) is 1. The summed E-state index contributed by atoms with van der Waals surface area (Å²) >= 11 is 0. The Morgan fingerprint density at radius 3 is 2.86 bits per heavy atom. The summed E-state index contributed by atoms with van der Waals surface area (Å²) < 4.78 is 18.7. The average Bonchev–Trinajstić information content (AvgIpc) is 3.19. The molecule has 3 rings (SSSR count). The van der Waals surface area contributed by atoms with Crippen molar-refractivity contribution in [2.45, 2.75) is 19.9 Å². The molecule has 0 saturated carbocycles. The van der Waals surface area contributed by atoms with Gasteiger partial charge >= 0.3 is 0 Å². The summed E-state index contributed by atoms with van der Waals surface area (Å²) in [5, 5.41) is 6.70. The third-order valence-corrected chi connectivity index (χ3v) is 4.92. The molecule has 1 saturated heterocycles. The summed E-state index contributed by atoms with van der Waals surface area (Å²) in [4.78, 5) is 6.98. The van der Waals surface area contributed by atoms with Crippen LogP contribution in [0.5, 0.6) is 5.75 Å². The van der Waals surface area contributed by atoms with Crippen molar-refractivity contribution in [3.63, 3.8) is 0 Å². The third kappa shape index (κ3) is 5.62. The lowest BCUT2D eigenvalue weighted by molar-refractivity contribution is 0.415. The van der Waals surface area contributed by atoms with E-state index < -0.39 is 0 Å². The fraction of sp³-hybridized carbons (Fsp3) is 0.409. The molecule has 0 radical (unpaired) electrons. The Balaban J connectivity index is 1.53. The van der Waals surface area contributed by atoms with Crippen LogP contribution in [0.4, 0.5) is 10.1 Å². The van der Waals surface area contributed by atoms with Gasteiger partial charge in [0.05, 0.1) is 13.7 Å². The molecule has 0 aliphatic carbocycles. The Bertz CT molecular complexity index is 796. The van der Waals surface area contributed by atoms with Gasteiger partial charge in [-0.15, -0.1) is 0 Å². The normalized spacial score (nSPS) is 16.9. The molecular weight excluding hydrogens is 355 g/mol. The molecule has 0 amide bonds. The van der Waals surface area contributed by atoms with Crippen molar-refractivity contribution in [2.75, 3.05) is 38.2 Å². The number of halogens is 1. The van der Waals surface area contributed by atoms with E-state index in [0.29, 0.717) is 12.5 Å². The molecule has 1 heterocycles. The molecule has 0 bridgehead atoms. The highest BCUT2D eigenvalue weighted by atomic mass is 19.1. The van der Waals surface area contributed by atoms with Gasteiger partial charge in [0.25, 0.3) is 0 Å². The topological polar surface area (TPSA) is 48.9 Å². The van der Waals surface area contributed by atoms with E-state index in [1.165, 1.54) is 17.8 Å².